The van der Waals surface area contributed by atoms with Gasteiger partial charge in [0.25, 0.3) is 0 Å². The number of nitrogens with one attached hydrogen (secondary N) is 1. The van der Waals surface area contributed by atoms with Crippen molar-refractivity contribution in [3.8, 4) is 0 Å². The number of carbonyl (C=O) groups excluding carboxylic acids is 1. The van der Waals surface area contributed by atoms with Gasteiger partial charge in [-0.3, -0.25) is 4.79 Å². The highest BCUT2D eigenvalue weighted by atomic mass is 16.2. The minimum atomic E-state index is -0.321. The first kappa shape index (κ1) is 14.6. The van der Waals surface area contributed by atoms with Gasteiger partial charge in [-0.05, 0) is 35.8 Å². The molecule has 4 aliphatic rings. The summed E-state index contributed by atoms with van der Waals surface area (Å²) in [6, 6.07) is -0.141. The Morgan fingerprint density at radius 1 is 1.39 bits per heavy atom. The van der Waals surface area contributed by atoms with Gasteiger partial charge in [0.1, 0.15) is 11.8 Å². The van der Waals surface area contributed by atoms with Gasteiger partial charge in [-0.1, -0.05) is 37.3 Å². The van der Waals surface area contributed by atoms with Gasteiger partial charge in [-0.2, -0.15) is 5.11 Å². The third-order valence-electron chi connectivity index (χ3n) is 6.51. The molecule has 2 saturated carbocycles. The lowest BCUT2D eigenvalue weighted by molar-refractivity contribution is -0.129. The summed E-state index contributed by atoms with van der Waals surface area (Å²) in [6.45, 7) is 2.08. The molecule has 4 nitrogen and oxygen atoms in total. The molecule has 4 rings (SSSR count). The molecule has 23 heavy (non-hydrogen) atoms. The molecule has 0 aromatic rings. The summed E-state index contributed by atoms with van der Waals surface area (Å²) < 4.78 is 0. The highest BCUT2D eigenvalue weighted by molar-refractivity contribution is 5.91. The molecule has 0 spiro atoms. The molecule has 0 aromatic heterocycles. The van der Waals surface area contributed by atoms with Gasteiger partial charge in [0.05, 0.1) is 6.26 Å². The Labute approximate surface area is 136 Å². The van der Waals surface area contributed by atoms with Gasteiger partial charge >= 0.3 is 0 Å². The predicted molar refractivity (Wildman–Crippen MR) is 86.9 cm³/mol. The van der Waals surface area contributed by atoms with E-state index in [-0.39, 0.29) is 23.2 Å². The van der Waals surface area contributed by atoms with Crippen LogP contribution in [0, 0.1) is 34.6 Å². The van der Waals surface area contributed by atoms with E-state index in [4.69, 9.17) is 5.53 Å². The van der Waals surface area contributed by atoms with Gasteiger partial charge < -0.3 is 5.11 Å². The molecular formula is C19H22N2O2. The largest absolute Gasteiger partial charge is 0.516 e. The van der Waals surface area contributed by atoms with Gasteiger partial charge in [0, 0.05) is 23.7 Å². The van der Waals surface area contributed by atoms with Crippen molar-refractivity contribution in [2.24, 2.45) is 34.2 Å². The Morgan fingerprint density at radius 2 is 2.22 bits per heavy atom. The fraction of sp³-hybridized carbons (Fsp3) is 0.526. The second-order valence-corrected chi connectivity index (χ2v) is 7.54. The lowest BCUT2D eigenvalue weighted by Crippen LogP contribution is -2.45. The lowest BCUT2D eigenvalue weighted by Gasteiger charge is -2.49. The smallest absolute Gasteiger partial charge is 0.143 e. The fourth-order valence-electron chi connectivity index (χ4n) is 5.32. The van der Waals surface area contributed by atoms with E-state index in [1.165, 1.54) is 11.8 Å². The van der Waals surface area contributed by atoms with Crippen molar-refractivity contribution in [3.63, 3.8) is 0 Å². The van der Waals surface area contributed by atoms with E-state index < -0.39 is 0 Å². The van der Waals surface area contributed by atoms with Crippen molar-refractivity contribution in [3.05, 3.63) is 47.8 Å². The molecule has 2 fully saturated rings. The quantitative estimate of drug-likeness (QED) is 0.434. The highest BCUT2D eigenvalue weighted by Gasteiger charge is 2.57. The molecule has 0 radical (unpaired) electrons. The van der Waals surface area contributed by atoms with Crippen LogP contribution in [0.15, 0.2) is 52.9 Å². The van der Waals surface area contributed by atoms with E-state index >= 15 is 0 Å². The summed E-state index contributed by atoms with van der Waals surface area (Å²) in [4.78, 5) is 12.5. The Balaban J connectivity index is 1.75. The summed E-state index contributed by atoms with van der Waals surface area (Å²) in [5, 5.41) is 13.2. The molecule has 0 amide bonds. The predicted octanol–water partition coefficient (Wildman–Crippen LogP) is 4.13. The van der Waals surface area contributed by atoms with Crippen molar-refractivity contribution < 1.29 is 9.90 Å². The van der Waals surface area contributed by atoms with E-state index in [9.17, 15) is 9.90 Å². The summed E-state index contributed by atoms with van der Waals surface area (Å²) in [6.07, 6.45) is 14.2. The highest BCUT2D eigenvalue weighted by Crippen LogP contribution is 2.60. The SMILES string of the molecule is C[C@]12CCC3C4C=CC(N=N)C=C4C=CC3C1C(=CO)CC2=O. The number of carbonyl (C=O) groups is 1. The topological polar surface area (TPSA) is 73.5 Å². The molecule has 4 heteroatoms. The lowest BCUT2D eigenvalue weighted by atomic mass is 9.54. The Kier molecular flexibility index (Phi) is 3.19. The first-order valence-electron chi connectivity index (χ1n) is 8.40. The first-order chi connectivity index (χ1) is 11.1. The van der Waals surface area contributed by atoms with E-state index in [1.54, 1.807) is 0 Å². The maximum atomic E-state index is 12.5. The number of ketones is 1. The third-order valence-corrected chi connectivity index (χ3v) is 6.51. The fourth-order valence-corrected chi connectivity index (χ4v) is 5.32. The molecule has 6 atom stereocenters. The average molecular weight is 310 g/mol. The number of allylic oxidation sites excluding steroid dienone is 5. The van der Waals surface area contributed by atoms with Crippen molar-refractivity contribution in [1.29, 1.82) is 5.53 Å². The van der Waals surface area contributed by atoms with Gasteiger partial charge in [0.2, 0.25) is 0 Å². The number of aliphatic hydroxyl groups excluding tert-OH is 1. The van der Waals surface area contributed by atoms with Crippen LogP contribution in [-0.2, 0) is 4.79 Å². The third kappa shape index (κ3) is 1.93. The van der Waals surface area contributed by atoms with E-state index in [0.29, 0.717) is 24.2 Å². The van der Waals surface area contributed by atoms with Crippen LogP contribution in [0.1, 0.15) is 26.2 Å². The van der Waals surface area contributed by atoms with Crippen LogP contribution in [-0.4, -0.2) is 16.9 Å². The van der Waals surface area contributed by atoms with Crippen LogP contribution < -0.4 is 0 Å². The molecule has 120 valence electrons. The van der Waals surface area contributed by atoms with Crippen molar-refractivity contribution in [2.75, 3.05) is 0 Å². The number of fused-ring (bicyclic) bond motifs is 5. The summed E-state index contributed by atoms with van der Waals surface area (Å²) >= 11 is 0. The maximum Gasteiger partial charge on any atom is 0.143 e. The Morgan fingerprint density at radius 3 is 2.96 bits per heavy atom. The standard InChI is InChI=1S/C19H22N2O2/c1-19-7-6-15-14-5-3-13(21-20)8-11(14)2-4-16(15)18(19)12(10-22)9-17(19)23/h2-5,8,10,13-16,18,20,22H,6-7,9H2,1H3/t13?,14?,15?,16?,18?,19-/m1/s1. The van der Waals surface area contributed by atoms with Gasteiger partial charge in [-0.15, -0.1) is 0 Å². The molecule has 2 N–H and O–H groups in total. The van der Waals surface area contributed by atoms with E-state index in [1.807, 2.05) is 6.08 Å². The van der Waals surface area contributed by atoms with Gasteiger partial charge in [0.15, 0.2) is 0 Å². The van der Waals surface area contributed by atoms with Crippen LogP contribution in [0.2, 0.25) is 0 Å². The van der Waals surface area contributed by atoms with Crippen molar-refractivity contribution >= 4 is 5.78 Å². The van der Waals surface area contributed by atoms with E-state index in [2.05, 4.69) is 36.3 Å². The number of hydrogen-bond acceptors (Lipinski definition) is 4. The molecule has 0 bridgehead atoms. The Hall–Kier alpha value is -1.97. The second-order valence-electron chi connectivity index (χ2n) is 7.54. The minimum absolute atomic E-state index is 0.128. The zero-order valence-corrected chi connectivity index (χ0v) is 13.3. The molecular weight excluding hydrogens is 288 g/mol. The van der Waals surface area contributed by atoms with Crippen LogP contribution in [0.3, 0.4) is 0 Å². The van der Waals surface area contributed by atoms with Gasteiger partial charge in [-0.25, -0.2) is 5.53 Å². The number of Topliss-reactive ketones (excluding diaryl/α,β-unsaturated/α-hetero) is 1. The number of hydrogen-bond donors (Lipinski definition) is 2. The molecule has 0 aliphatic heterocycles. The van der Waals surface area contributed by atoms with Crippen LogP contribution in [0.5, 0.6) is 0 Å². The van der Waals surface area contributed by atoms with Crippen molar-refractivity contribution in [1.82, 2.24) is 0 Å². The summed E-state index contributed by atoms with van der Waals surface area (Å²) in [5.41, 5.74) is 9.05. The Bertz CT molecular complexity index is 687. The van der Waals surface area contributed by atoms with Crippen LogP contribution >= 0.6 is 0 Å². The van der Waals surface area contributed by atoms with Crippen LogP contribution in [0.4, 0.5) is 0 Å². The maximum absolute atomic E-state index is 12.5. The second kappa shape index (κ2) is 5.02. The van der Waals surface area contributed by atoms with Crippen LogP contribution in [0.25, 0.3) is 0 Å². The van der Waals surface area contributed by atoms with Crippen molar-refractivity contribution in [2.45, 2.75) is 32.2 Å². The first-order valence-corrected chi connectivity index (χ1v) is 8.40. The molecule has 0 aromatic carbocycles. The number of aliphatic hydroxyl groups is 1. The number of rotatable bonds is 1. The zero-order valence-electron chi connectivity index (χ0n) is 13.3. The monoisotopic (exact) mass is 310 g/mol. The summed E-state index contributed by atoms with van der Waals surface area (Å²) in [7, 11) is 0. The molecule has 5 unspecified atom stereocenters. The zero-order chi connectivity index (χ0) is 16.2. The number of nitrogens with zero attached hydrogens (tertiary/aromatic N) is 1. The van der Waals surface area contributed by atoms with E-state index in [0.717, 1.165) is 18.4 Å². The molecule has 4 aliphatic carbocycles. The minimum Gasteiger partial charge on any atom is -0.516 e. The average Bonchev–Trinajstić information content (AvgIpc) is 2.85. The summed E-state index contributed by atoms with van der Waals surface area (Å²) in [5.74, 6) is 1.53. The molecule has 0 saturated heterocycles. The molecule has 0 heterocycles. The normalized spacial score (nSPS) is 46.1.